The van der Waals surface area contributed by atoms with E-state index in [1.807, 2.05) is 0 Å². The van der Waals surface area contributed by atoms with E-state index in [4.69, 9.17) is 9.97 Å². The van der Waals surface area contributed by atoms with Crippen molar-refractivity contribution in [2.45, 2.75) is 0 Å². The van der Waals surface area contributed by atoms with Crippen LogP contribution in [0, 0.1) is 0 Å². The molecule has 0 unspecified atom stereocenters. The van der Waals surface area contributed by atoms with E-state index in [0.717, 1.165) is 123 Å². The van der Waals surface area contributed by atoms with Gasteiger partial charge < -0.3 is 18.9 Å². The van der Waals surface area contributed by atoms with Gasteiger partial charge in [-0.3, -0.25) is 9.47 Å². The molecule has 4 heterocycles. The van der Waals surface area contributed by atoms with Gasteiger partial charge in [0.15, 0.2) is 5.82 Å². The molecule has 8 heteroatoms. The Labute approximate surface area is 508 Å². The lowest BCUT2D eigenvalue weighted by Crippen LogP contribution is -2.15. The average molecular weight is 1130 g/mol. The lowest BCUT2D eigenvalue weighted by molar-refractivity contribution is 1.000. The largest absolute Gasteiger partial charge is 0.310 e. The molecule has 0 saturated carbocycles. The van der Waals surface area contributed by atoms with Gasteiger partial charge in [-0.1, -0.05) is 182 Å². The molecular weight excluding hydrogens is 1070 g/mol. The van der Waals surface area contributed by atoms with Gasteiger partial charge >= 0.3 is 0 Å². The summed E-state index contributed by atoms with van der Waals surface area (Å²) in [5, 5.41) is 7.81. The van der Waals surface area contributed by atoms with Crippen molar-refractivity contribution in [2.24, 2.45) is 0 Å². The van der Waals surface area contributed by atoms with Crippen LogP contribution >= 0.6 is 0 Å². The van der Waals surface area contributed by atoms with Gasteiger partial charge in [0.1, 0.15) is 0 Å². The van der Waals surface area contributed by atoms with Gasteiger partial charge in [-0.15, -0.1) is 0 Å². The molecule has 88 heavy (non-hydrogen) atoms. The normalized spacial score (nSPS) is 11.6. The van der Waals surface area contributed by atoms with Gasteiger partial charge in [0.2, 0.25) is 5.95 Å². The van der Waals surface area contributed by atoms with Crippen molar-refractivity contribution in [1.29, 1.82) is 0 Å². The molecule has 0 N–H and O–H groups in total. The number of hydrogen-bond donors (Lipinski definition) is 0. The number of para-hydroxylation sites is 9. The van der Waals surface area contributed by atoms with Crippen molar-refractivity contribution in [3.8, 4) is 17.3 Å². The number of rotatable bonds is 12. The van der Waals surface area contributed by atoms with E-state index >= 15 is 0 Å². The maximum absolute atomic E-state index is 5.98. The van der Waals surface area contributed by atoms with Crippen molar-refractivity contribution in [3.05, 3.63) is 328 Å². The Morgan fingerprint density at radius 3 is 0.943 bits per heavy atom. The van der Waals surface area contributed by atoms with Crippen LogP contribution in [0.3, 0.4) is 0 Å². The second-order valence-corrected chi connectivity index (χ2v) is 22.2. The van der Waals surface area contributed by atoms with Gasteiger partial charge in [0.05, 0.1) is 38.6 Å². The van der Waals surface area contributed by atoms with Crippen molar-refractivity contribution in [1.82, 2.24) is 23.7 Å². The van der Waals surface area contributed by atoms with Crippen LogP contribution in [0.25, 0.3) is 93.6 Å². The second-order valence-electron chi connectivity index (χ2n) is 22.2. The first-order valence-corrected chi connectivity index (χ1v) is 29.8. The van der Waals surface area contributed by atoms with Gasteiger partial charge in [-0.05, 0) is 146 Å². The zero-order valence-corrected chi connectivity index (χ0v) is 47.8. The Hall–Kier alpha value is -12.0. The molecule has 13 aromatic carbocycles. The molecule has 0 amide bonds. The number of fused-ring (bicyclic) bond motifs is 10. The van der Waals surface area contributed by atoms with Crippen LogP contribution in [0.1, 0.15) is 0 Å². The lowest BCUT2D eigenvalue weighted by Gasteiger charge is -2.28. The molecule has 17 aromatic rings. The predicted molar refractivity (Wildman–Crippen MR) is 367 cm³/mol. The first kappa shape index (κ1) is 50.5. The van der Waals surface area contributed by atoms with Gasteiger partial charge in [0, 0.05) is 94.6 Å². The van der Waals surface area contributed by atoms with Gasteiger partial charge in [-0.25, -0.2) is 4.98 Å². The number of aromatic nitrogens is 5. The van der Waals surface area contributed by atoms with E-state index in [1.165, 1.54) is 16.2 Å². The summed E-state index contributed by atoms with van der Waals surface area (Å²) in [4.78, 5) is 18.7. The highest BCUT2D eigenvalue weighted by atomic mass is 15.3. The number of nitrogens with zero attached hydrogens (tertiary/aromatic N) is 8. The molecule has 4 aromatic heterocycles. The Morgan fingerprint density at radius 1 is 0.205 bits per heavy atom. The zero-order valence-electron chi connectivity index (χ0n) is 47.8. The zero-order chi connectivity index (χ0) is 58.1. The summed E-state index contributed by atoms with van der Waals surface area (Å²) in [6.07, 6.45) is 0. The topological polar surface area (TPSA) is 50.3 Å². The molecule has 0 saturated heterocycles. The summed E-state index contributed by atoms with van der Waals surface area (Å²) in [6.45, 7) is 0. The average Bonchev–Trinajstić information content (AvgIpc) is 1.72. The van der Waals surface area contributed by atoms with Crippen LogP contribution in [0.4, 0.5) is 51.3 Å². The van der Waals surface area contributed by atoms with Crippen molar-refractivity contribution in [2.75, 3.05) is 14.7 Å². The van der Waals surface area contributed by atoms with Crippen LogP contribution in [-0.4, -0.2) is 23.7 Å². The summed E-state index contributed by atoms with van der Waals surface area (Å²) in [5.74, 6) is 1.27. The molecule has 0 spiro atoms. The number of benzene rings is 13. The summed E-state index contributed by atoms with van der Waals surface area (Å²) in [7, 11) is 0. The summed E-state index contributed by atoms with van der Waals surface area (Å²) >= 11 is 0. The fourth-order valence-corrected chi connectivity index (χ4v) is 13.3. The minimum atomic E-state index is 0.545. The van der Waals surface area contributed by atoms with E-state index < -0.39 is 0 Å². The highest BCUT2D eigenvalue weighted by Gasteiger charge is 2.26. The molecule has 8 nitrogen and oxygen atoms in total. The van der Waals surface area contributed by atoms with Crippen molar-refractivity contribution < 1.29 is 0 Å². The third-order valence-corrected chi connectivity index (χ3v) is 17.2. The second kappa shape index (κ2) is 21.0. The van der Waals surface area contributed by atoms with E-state index in [-0.39, 0.29) is 0 Å². The van der Waals surface area contributed by atoms with Crippen LogP contribution in [-0.2, 0) is 0 Å². The van der Waals surface area contributed by atoms with Crippen LogP contribution in [0.2, 0.25) is 0 Å². The lowest BCUT2D eigenvalue weighted by atomic mass is 10.1. The fourth-order valence-electron chi connectivity index (χ4n) is 13.3. The predicted octanol–water partition coefficient (Wildman–Crippen LogP) is 21.3. The Kier molecular flexibility index (Phi) is 12.0. The Bertz CT molecular complexity index is 5410. The summed E-state index contributed by atoms with van der Waals surface area (Å²) in [6, 6.07) is 117. The Balaban J connectivity index is 0.943. The molecule has 0 aliphatic heterocycles. The van der Waals surface area contributed by atoms with E-state index in [9.17, 15) is 0 Å². The highest BCUT2D eigenvalue weighted by molar-refractivity contribution is 6.13. The number of hydrogen-bond acceptors (Lipinski definition) is 5. The standard InChI is InChI=1S/C80H54N8/c1-7-25-55(26-8-1)83(56-27-9-2-10-28-56)62-43-48-70-67-39-21-24-42-75(67)88(78(70)53-62)80-81-72-50-46-61(84(57-29-11-3-12-30-57)63-44-47-68-65-37-19-22-40-73(65)86(76(68)52-63)59-33-15-5-16-34-59)51-71(72)79(82-80)85(58-31-13-4-14-32-58)64-45-49-69-66-38-20-23-41-74(66)87(77(69)54-64)60-35-17-6-18-36-60/h1-54H. The molecular formula is C80H54N8. The smallest absolute Gasteiger partial charge is 0.237 e. The Morgan fingerprint density at radius 2 is 0.511 bits per heavy atom. The third kappa shape index (κ3) is 8.37. The first-order valence-electron chi connectivity index (χ1n) is 29.8. The molecule has 414 valence electrons. The van der Waals surface area contributed by atoms with Crippen molar-refractivity contribution >= 4 is 128 Å². The molecule has 17 rings (SSSR count). The summed E-state index contributed by atoms with van der Waals surface area (Å²) < 4.78 is 7.03. The first-order chi connectivity index (χ1) is 43.7. The van der Waals surface area contributed by atoms with Crippen molar-refractivity contribution in [3.63, 3.8) is 0 Å². The number of anilines is 9. The van der Waals surface area contributed by atoms with Crippen LogP contribution in [0.5, 0.6) is 0 Å². The minimum Gasteiger partial charge on any atom is -0.310 e. The van der Waals surface area contributed by atoms with Gasteiger partial charge in [0.25, 0.3) is 0 Å². The van der Waals surface area contributed by atoms with E-state index in [0.29, 0.717) is 5.95 Å². The van der Waals surface area contributed by atoms with Crippen LogP contribution < -0.4 is 14.7 Å². The molecule has 0 aliphatic rings. The molecule has 0 atom stereocenters. The van der Waals surface area contributed by atoms with Crippen LogP contribution in [0.15, 0.2) is 328 Å². The molecule has 0 bridgehead atoms. The fraction of sp³-hybridized carbons (Fsp3) is 0. The molecule has 0 radical (unpaired) electrons. The van der Waals surface area contributed by atoms with Gasteiger partial charge in [-0.2, -0.15) is 4.98 Å². The molecule has 0 aliphatic carbocycles. The van der Waals surface area contributed by atoms with E-state index in [2.05, 4.69) is 356 Å². The van der Waals surface area contributed by atoms with E-state index in [1.54, 1.807) is 0 Å². The SMILES string of the molecule is c1ccc(N(c2ccc3nc(-n4c5ccccc5c5ccc(N(c6ccccc6)c6ccccc6)cc54)nc(N(c4ccccc4)c4ccc5c6ccccc6n(-c6ccccc6)c5c4)c3c2)c2ccc3c4ccccc4n(-c4ccccc4)c3c2)cc1. The summed E-state index contributed by atoms with van der Waals surface area (Å²) in [5.41, 5.74) is 17.4. The molecule has 0 fully saturated rings. The monoisotopic (exact) mass is 1130 g/mol. The quantitative estimate of drug-likeness (QED) is 0.122. The highest BCUT2D eigenvalue weighted by Crippen LogP contribution is 2.46. The minimum absolute atomic E-state index is 0.545. The maximum Gasteiger partial charge on any atom is 0.237 e. The maximum atomic E-state index is 5.98. The third-order valence-electron chi connectivity index (χ3n) is 17.2.